The van der Waals surface area contributed by atoms with Gasteiger partial charge in [0.1, 0.15) is 11.9 Å². The number of nitrogens with zero attached hydrogens (tertiary/aromatic N) is 1. The van der Waals surface area contributed by atoms with Gasteiger partial charge in [-0.1, -0.05) is 12.1 Å². The highest BCUT2D eigenvalue weighted by Gasteiger charge is 2.43. The van der Waals surface area contributed by atoms with Gasteiger partial charge in [0.2, 0.25) is 5.91 Å². The molecule has 1 aliphatic heterocycles. The number of rotatable bonds is 5. The lowest BCUT2D eigenvalue weighted by atomic mass is 9.98. The van der Waals surface area contributed by atoms with Crippen LogP contribution in [0.1, 0.15) is 24.8 Å². The SMILES string of the molecule is N#C[C@H](Cc1ccc(-c2ccsc2)cc1F)NC(=O)[C@H]1N[C@H]2CC[C@H]1C2. The van der Waals surface area contributed by atoms with Crippen molar-refractivity contribution in [3.63, 3.8) is 0 Å². The van der Waals surface area contributed by atoms with E-state index in [0.717, 1.165) is 30.4 Å². The quantitative estimate of drug-likeness (QED) is 0.850. The van der Waals surface area contributed by atoms with E-state index in [1.54, 1.807) is 17.4 Å². The monoisotopic (exact) mass is 369 g/mol. The molecule has 4 atom stereocenters. The molecule has 134 valence electrons. The highest BCUT2D eigenvalue weighted by molar-refractivity contribution is 7.08. The van der Waals surface area contributed by atoms with Crippen LogP contribution in [0.2, 0.25) is 0 Å². The van der Waals surface area contributed by atoms with E-state index >= 15 is 0 Å². The van der Waals surface area contributed by atoms with Crippen LogP contribution >= 0.6 is 11.3 Å². The maximum absolute atomic E-state index is 14.5. The molecule has 26 heavy (non-hydrogen) atoms. The van der Waals surface area contributed by atoms with Crippen molar-refractivity contribution in [1.82, 2.24) is 10.6 Å². The lowest BCUT2D eigenvalue weighted by molar-refractivity contribution is -0.124. The summed E-state index contributed by atoms with van der Waals surface area (Å²) in [5.74, 6) is -0.124. The van der Waals surface area contributed by atoms with Crippen molar-refractivity contribution in [2.75, 3.05) is 0 Å². The number of thiophene rings is 1. The van der Waals surface area contributed by atoms with Crippen molar-refractivity contribution >= 4 is 17.2 Å². The van der Waals surface area contributed by atoms with Crippen molar-refractivity contribution < 1.29 is 9.18 Å². The van der Waals surface area contributed by atoms with Crippen LogP contribution in [0, 0.1) is 23.1 Å². The summed E-state index contributed by atoms with van der Waals surface area (Å²) in [4.78, 5) is 12.5. The number of carbonyl (C=O) groups excluding carboxylic acids is 1. The van der Waals surface area contributed by atoms with Gasteiger partial charge in [-0.3, -0.25) is 4.79 Å². The first-order valence-corrected chi connectivity index (χ1v) is 9.85. The molecule has 6 heteroatoms. The number of hydrogen-bond acceptors (Lipinski definition) is 4. The van der Waals surface area contributed by atoms with Gasteiger partial charge in [0, 0.05) is 12.5 Å². The van der Waals surface area contributed by atoms with E-state index in [-0.39, 0.29) is 24.2 Å². The van der Waals surface area contributed by atoms with E-state index < -0.39 is 6.04 Å². The molecule has 2 heterocycles. The molecule has 4 rings (SSSR count). The van der Waals surface area contributed by atoms with Gasteiger partial charge in [0.05, 0.1) is 12.1 Å². The summed E-state index contributed by atoms with van der Waals surface area (Å²) in [5, 5.41) is 19.4. The third kappa shape index (κ3) is 3.37. The number of amides is 1. The van der Waals surface area contributed by atoms with E-state index in [9.17, 15) is 14.4 Å². The van der Waals surface area contributed by atoms with Crippen LogP contribution in [-0.4, -0.2) is 24.0 Å². The second-order valence-electron chi connectivity index (χ2n) is 7.13. The molecule has 2 aliphatic rings. The summed E-state index contributed by atoms with van der Waals surface area (Å²) in [6.07, 6.45) is 3.39. The first kappa shape index (κ1) is 17.2. The normalized spacial score (nSPS) is 25.0. The van der Waals surface area contributed by atoms with Gasteiger partial charge in [-0.25, -0.2) is 4.39 Å². The molecule has 1 saturated heterocycles. The fourth-order valence-corrected chi connectivity index (χ4v) is 4.75. The molecule has 0 unspecified atom stereocenters. The van der Waals surface area contributed by atoms with Crippen molar-refractivity contribution in [2.45, 2.75) is 43.8 Å². The minimum atomic E-state index is -0.732. The fraction of sp³-hybridized carbons (Fsp3) is 0.400. The van der Waals surface area contributed by atoms with Gasteiger partial charge in [-0.2, -0.15) is 16.6 Å². The Bertz CT molecular complexity index is 845. The Kier molecular flexibility index (Phi) is 4.75. The summed E-state index contributed by atoms with van der Waals surface area (Å²) in [5.41, 5.74) is 2.24. The first-order valence-electron chi connectivity index (χ1n) is 8.91. The molecule has 1 aromatic heterocycles. The van der Waals surface area contributed by atoms with E-state index in [4.69, 9.17) is 0 Å². The summed E-state index contributed by atoms with van der Waals surface area (Å²) in [6, 6.07) is 8.57. The van der Waals surface area contributed by atoms with Gasteiger partial charge < -0.3 is 10.6 Å². The maximum Gasteiger partial charge on any atom is 0.238 e. The molecule has 2 N–H and O–H groups in total. The smallest absolute Gasteiger partial charge is 0.238 e. The Morgan fingerprint density at radius 2 is 2.27 bits per heavy atom. The minimum absolute atomic E-state index is 0.140. The van der Waals surface area contributed by atoms with E-state index in [1.165, 1.54) is 6.07 Å². The first-order chi connectivity index (χ1) is 12.6. The third-order valence-corrected chi connectivity index (χ3v) is 6.13. The second kappa shape index (κ2) is 7.18. The predicted molar refractivity (Wildman–Crippen MR) is 99.0 cm³/mol. The third-order valence-electron chi connectivity index (χ3n) is 5.45. The van der Waals surface area contributed by atoms with Crippen molar-refractivity contribution in [3.05, 3.63) is 46.4 Å². The van der Waals surface area contributed by atoms with E-state index in [1.807, 2.05) is 22.9 Å². The zero-order valence-electron chi connectivity index (χ0n) is 14.2. The lowest BCUT2D eigenvalue weighted by Crippen LogP contribution is -2.50. The second-order valence-corrected chi connectivity index (χ2v) is 7.91. The Morgan fingerprint density at radius 3 is 2.88 bits per heavy atom. The summed E-state index contributed by atoms with van der Waals surface area (Å²) >= 11 is 1.56. The Morgan fingerprint density at radius 1 is 1.38 bits per heavy atom. The van der Waals surface area contributed by atoms with Crippen LogP contribution in [0.5, 0.6) is 0 Å². The Labute approximate surface area is 156 Å². The van der Waals surface area contributed by atoms with Crippen LogP contribution in [0.25, 0.3) is 11.1 Å². The Hall–Kier alpha value is -2.23. The fourth-order valence-electron chi connectivity index (χ4n) is 4.08. The predicted octanol–water partition coefficient (Wildman–Crippen LogP) is 3.25. The number of nitrogens with one attached hydrogen (secondary N) is 2. The molecule has 2 fully saturated rings. The van der Waals surface area contributed by atoms with Crippen LogP contribution < -0.4 is 10.6 Å². The van der Waals surface area contributed by atoms with Gasteiger partial charge in [0.25, 0.3) is 0 Å². The number of hydrogen-bond donors (Lipinski definition) is 2. The molecular formula is C20H20FN3OS. The number of halogens is 1. The molecule has 0 spiro atoms. The number of carbonyl (C=O) groups is 1. The number of benzene rings is 1. The average Bonchev–Trinajstić information content (AvgIpc) is 3.40. The molecule has 1 amide bonds. The van der Waals surface area contributed by atoms with Crippen LogP contribution in [0.3, 0.4) is 0 Å². The largest absolute Gasteiger partial charge is 0.339 e. The molecule has 1 aliphatic carbocycles. The molecule has 2 aromatic rings. The van der Waals surface area contributed by atoms with Crippen LogP contribution in [-0.2, 0) is 11.2 Å². The number of piperidine rings is 1. The standard InChI is InChI=1S/C20H20FN3OS/c21-18-9-12(15-5-6-26-11-15)1-2-13(18)7-17(10-22)24-20(25)19-14-3-4-16(8-14)23-19/h1-2,5-6,9,11,14,16-17,19,23H,3-4,7-8H2,(H,24,25)/t14-,16-,17-,19-/m0/s1. The van der Waals surface area contributed by atoms with Crippen molar-refractivity contribution in [1.29, 1.82) is 5.26 Å². The summed E-state index contributed by atoms with van der Waals surface area (Å²) < 4.78 is 14.5. The lowest BCUT2D eigenvalue weighted by Gasteiger charge is -2.23. The van der Waals surface area contributed by atoms with Gasteiger partial charge in [0.15, 0.2) is 0 Å². The summed E-state index contributed by atoms with van der Waals surface area (Å²) in [7, 11) is 0. The van der Waals surface area contributed by atoms with Gasteiger partial charge in [-0.05, 0) is 64.8 Å². The number of nitriles is 1. The average molecular weight is 369 g/mol. The zero-order chi connectivity index (χ0) is 18.1. The van der Waals surface area contributed by atoms with E-state index in [2.05, 4.69) is 16.7 Å². The molecule has 2 bridgehead atoms. The highest BCUT2D eigenvalue weighted by Crippen LogP contribution is 2.35. The van der Waals surface area contributed by atoms with Gasteiger partial charge in [-0.15, -0.1) is 0 Å². The van der Waals surface area contributed by atoms with Crippen molar-refractivity contribution in [2.24, 2.45) is 5.92 Å². The Balaban J connectivity index is 1.42. The summed E-state index contributed by atoms with van der Waals surface area (Å²) in [6.45, 7) is 0. The van der Waals surface area contributed by atoms with Gasteiger partial charge >= 0.3 is 0 Å². The molecular weight excluding hydrogens is 349 g/mol. The zero-order valence-corrected chi connectivity index (χ0v) is 15.1. The van der Waals surface area contributed by atoms with Crippen molar-refractivity contribution in [3.8, 4) is 17.2 Å². The van der Waals surface area contributed by atoms with Crippen LogP contribution in [0.4, 0.5) is 4.39 Å². The maximum atomic E-state index is 14.5. The molecule has 4 nitrogen and oxygen atoms in total. The van der Waals surface area contributed by atoms with Crippen LogP contribution in [0.15, 0.2) is 35.0 Å². The number of fused-ring (bicyclic) bond motifs is 2. The van der Waals surface area contributed by atoms with E-state index in [0.29, 0.717) is 17.5 Å². The molecule has 1 aromatic carbocycles. The minimum Gasteiger partial charge on any atom is -0.339 e. The molecule has 0 radical (unpaired) electrons. The highest BCUT2D eigenvalue weighted by atomic mass is 32.1. The topological polar surface area (TPSA) is 64.9 Å². The molecule has 1 saturated carbocycles.